The van der Waals surface area contributed by atoms with E-state index in [9.17, 15) is 13.8 Å². The molecule has 1 atom stereocenters. The molecule has 2 aromatic rings. The topological polar surface area (TPSA) is 81.7 Å². The van der Waals surface area contributed by atoms with Gasteiger partial charge in [-0.25, -0.2) is 4.79 Å². The Morgan fingerprint density at radius 2 is 1.75 bits per heavy atom. The summed E-state index contributed by atoms with van der Waals surface area (Å²) in [4.78, 5) is 24.3. The van der Waals surface area contributed by atoms with Crippen molar-refractivity contribution < 1.29 is 23.3 Å². The molecule has 0 saturated heterocycles. The Hall–Kier alpha value is -2.67. The maximum absolute atomic E-state index is 12.1. The normalized spacial score (nSPS) is 11.4. The van der Waals surface area contributed by atoms with Crippen LogP contribution in [0.25, 0.3) is 0 Å². The Bertz CT molecular complexity index is 758. The second-order valence-electron chi connectivity index (χ2n) is 4.80. The number of benzene rings is 2. The second kappa shape index (κ2) is 8.26. The summed E-state index contributed by atoms with van der Waals surface area (Å²) in [6, 6.07) is 13.2. The Morgan fingerprint density at radius 1 is 1.08 bits per heavy atom. The van der Waals surface area contributed by atoms with Gasteiger partial charge in [-0.05, 0) is 36.4 Å². The average Bonchev–Trinajstić information content (AvgIpc) is 2.60. The molecule has 0 saturated carbocycles. The van der Waals surface area contributed by atoms with Gasteiger partial charge >= 0.3 is 5.97 Å². The summed E-state index contributed by atoms with van der Waals surface area (Å²) in [6.07, 6.45) is 1.47. The number of rotatable bonds is 6. The predicted octanol–water partition coefficient (Wildman–Crippen LogP) is 2.23. The smallest absolute Gasteiger partial charge is 0.339 e. The first-order chi connectivity index (χ1) is 11.5. The van der Waals surface area contributed by atoms with Gasteiger partial charge in [0.2, 0.25) is 0 Å². The molecule has 2 aromatic carbocycles. The van der Waals surface area contributed by atoms with Gasteiger partial charge in [0.25, 0.3) is 5.91 Å². The second-order valence-corrected chi connectivity index (χ2v) is 6.15. The molecule has 24 heavy (non-hydrogen) atoms. The summed E-state index contributed by atoms with van der Waals surface area (Å²) in [7, 11) is 0.226. The van der Waals surface area contributed by atoms with Crippen molar-refractivity contribution in [3.63, 3.8) is 0 Å². The first-order valence-corrected chi connectivity index (χ1v) is 8.60. The van der Waals surface area contributed by atoms with Crippen LogP contribution in [0.5, 0.6) is 5.75 Å². The molecule has 0 bridgehead atoms. The van der Waals surface area contributed by atoms with Crippen LogP contribution in [-0.4, -0.2) is 36.1 Å². The molecule has 1 N–H and O–H groups in total. The van der Waals surface area contributed by atoms with Crippen LogP contribution in [0.3, 0.4) is 0 Å². The monoisotopic (exact) mass is 347 g/mol. The summed E-state index contributed by atoms with van der Waals surface area (Å²) in [5.74, 6) is -0.488. The van der Waals surface area contributed by atoms with Gasteiger partial charge in [-0.15, -0.1) is 0 Å². The fourth-order valence-electron chi connectivity index (χ4n) is 1.97. The van der Waals surface area contributed by atoms with Crippen LogP contribution in [0.1, 0.15) is 10.4 Å². The minimum Gasteiger partial charge on any atom is -0.497 e. The van der Waals surface area contributed by atoms with E-state index in [-0.39, 0.29) is 5.56 Å². The largest absolute Gasteiger partial charge is 0.497 e. The van der Waals surface area contributed by atoms with E-state index >= 15 is 0 Å². The molecule has 0 aliphatic carbocycles. The molecule has 0 fully saturated rings. The Kier molecular flexibility index (Phi) is 6.08. The van der Waals surface area contributed by atoms with Crippen molar-refractivity contribution >= 4 is 28.4 Å². The van der Waals surface area contributed by atoms with Gasteiger partial charge in [0.05, 0.1) is 28.4 Å². The summed E-state index contributed by atoms with van der Waals surface area (Å²) >= 11 is 0. The highest BCUT2D eigenvalue weighted by molar-refractivity contribution is 7.84. The van der Waals surface area contributed by atoms with Crippen LogP contribution in [0.2, 0.25) is 0 Å². The van der Waals surface area contributed by atoms with Gasteiger partial charge in [-0.2, -0.15) is 0 Å². The van der Waals surface area contributed by atoms with Crippen molar-refractivity contribution in [3.05, 3.63) is 54.1 Å². The molecule has 6 nitrogen and oxygen atoms in total. The Labute approximate surface area is 142 Å². The van der Waals surface area contributed by atoms with Crippen molar-refractivity contribution in [2.45, 2.75) is 4.90 Å². The number of carbonyl (C=O) groups is 2. The molecule has 0 aliphatic rings. The molecule has 0 heterocycles. The SMILES string of the molecule is COc1ccc(NC(=O)COC(=O)c2ccccc2[S@](C)=O)cc1. The molecule has 0 aliphatic heterocycles. The van der Waals surface area contributed by atoms with Gasteiger partial charge in [-0.1, -0.05) is 12.1 Å². The molecule has 0 aromatic heterocycles. The maximum Gasteiger partial charge on any atom is 0.339 e. The molecule has 7 heteroatoms. The molecule has 1 amide bonds. The van der Waals surface area contributed by atoms with Gasteiger partial charge in [0, 0.05) is 11.9 Å². The minimum atomic E-state index is -1.32. The van der Waals surface area contributed by atoms with Crippen molar-refractivity contribution in [2.75, 3.05) is 25.3 Å². The zero-order valence-electron chi connectivity index (χ0n) is 13.3. The van der Waals surface area contributed by atoms with E-state index in [1.807, 2.05) is 0 Å². The van der Waals surface area contributed by atoms with Crippen LogP contribution in [0.4, 0.5) is 5.69 Å². The van der Waals surface area contributed by atoms with Crippen molar-refractivity contribution in [1.82, 2.24) is 0 Å². The lowest BCUT2D eigenvalue weighted by molar-refractivity contribution is -0.119. The summed E-state index contributed by atoms with van der Waals surface area (Å²) in [5.41, 5.74) is 0.752. The third-order valence-corrected chi connectivity index (χ3v) is 4.10. The number of carbonyl (C=O) groups excluding carboxylic acids is 2. The van der Waals surface area contributed by atoms with Crippen LogP contribution >= 0.6 is 0 Å². The van der Waals surface area contributed by atoms with E-state index in [0.29, 0.717) is 16.3 Å². The lowest BCUT2D eigenvalue weighted by atomic mass is 10.2. The van der Waals surface area contributed by atoms with Crippen LogP contribution in [-0.2, 0) is 20.3 Å². The first kappa shape index (κ1) is 17.7. The fourth-order valence-corrected chi connectivity index (χ4v) is 2.70. The Morgan fingerprint density at radius 3 is 2.38 bits per heavy atom. The number of ether oxygens (including phenoxy) is 2. The quantitative estimate of drug-likeness (QED) is 0.811. The van der Waals surface area contributed by atoms with E-state index < -0.39 is 29.3 Å². The molecule has 2 rings (SSSR count). The molecule has 0 radical (unpaired) electrons. The lowest BCUT2D eigenvalue weighted by Crippen LogP contribution is -2.21. The zero-order chi connectivity index (χ0) is 17.5. The summed E-state index contributed by atoms with van der Waals surface area (Å²) in [6.45, 7) is -0.435. The van der Waals surface area contributed by atoms with E-state index in [0.717, 1.165) is 0 Å². The maximum atomic E-state index is 12.1. The molecule has 126 valence electrons. The Balaban J connectivity index is 1.93. The van der Waals surface area contributed by atoms with Gasteiger partial charge in [-0.3, -0.25) is 9.00 Å². The average molecular weight is 347 g/mol. The lowest BCUT2D eigenvalue weighted by Gasteiger charge is -2.09. The number of esters is 1. The number of hydrogen-bond donors (Lipinski definition) is 1. The predicted molar refractivity (Wildman–Crippen MR) is 90.7 cm³/mol. The zero-order valence-corrected chi connectivity index (χ0v) is 14.1. The van der Waals surface area contributed by atoms with Crippen molar-refractivity contribution in [3.8, 4) is 5.75 Å². The van der Waals surface area contributed by atoms with E-state index in [2.05, 4.69) is 5.32 Å². The van der Waals surface area contributed by atoms with E-state index in [1.54, 1.807) is 49.6 Å². The number of amides is 1. The summed E-state index contributed by atoms with van der Waals surface area (Å²) < 4.78 is 21.6. The number of anilines is 1. The minimum absolute atomic E-state index is 0.190. The molecule has 0 spiro atoms. The molecular formula is C17H17NO5S. The van der Waals surface area contributed by atoms with E-state index in [1.165, 1.54) is 12.3 Å². The van der Waals surface area contributed by atoms with E-state index in [4.69, 9.17) is 9.47 Å². The fraction of sp³-hybridized carbons (Fsp3) is 0.176. The summed E-state index contributed by atoms with van der Waals surface area (Å²) in [5, 5.41) is 2.61. The highest BCUT2D eigenvalue weighted by Gasteiger charge is 2.16. The van der Waals surface area contributed by atoms with Gasteiger partial charge in [0.15, 0.2) is 6.61 Å². The van der Waals surface area contributed by atoms with Crippen LogP contribution in [0.15, 0.2) is 53.4 Å². The van der Waals surface area contributed by atoms with Gasteiger partial charge < -0.3 is 14.8 Å². The number of hydrogen-bond acceptors (Lipinski definition) is 5. The van der Waals surface area contributed by atoms with Crippen LogP contribution < -0.4 is 10.1 Å². The van der Waals surface area contributed by atoms with Gasteiger partial charge in [0.1, 0.15) is 5.75 Å². The van der Waals surface area contributed by atoms with Crippen molar-refractivity contribution in [1.29, 1.82) is 0 Å². The highest BCUT2D eigenvalue weighted by atomic mass is 32.2. The molecule has 0 unspecified atom stereocenters. The third-order valence-electron chi connectivity index (χ3n) is 3.12. The standard InChI is InChI=1S/C17H17NO5S/c1-22-13-9-7-12(8-10-13)18-16(19)11-23-17(20)14-5-3-4-6-15(14)24(2)21/h3-10H,11H2,1-2H3,(H,18,19)/t24-/m0/s1. The number of nitrogens with one attached hydrogen (secondary N) is 1. The first-order valence-electron chi connectivity index (χ1n) is 7.04. The molecular weight excluding hydrogens is 330 g/mol. The number of methoxy groups -OCH3 is 1. The highest BCUT2D eigenvalue weighted by Crippen LogP contribution is 2.16. The van der Waals surface area contributed by atoms with Crippen molar-refractivity contribution in [2.24, 2.45) is 0 Å². The van der Waals surface area contributed by atoms with Crippen LogP contribution in [0, 0.1) is 0 Å². The third kappa shape index (κ3) is 4.66.